The summed E-state index contributed by atoms with van der Waals surface area (Å²) in [5.41, 5.74) is 8.87. The molecule has 0 radical (unpaired) electrons. The highest BCUT2D eigenvalue weighted by molar-refractivity contribution is 5.31. The second kappa shape index (κ2) is 6.91. The van der Waals surface area contributed by atoms with Gasteiger partial charge in [0, 0.05) is 25.7 Å². The van der Waals surface area contributed by atoms with Gasteiger partial charge < -0.3 is 10.5 Å². The molecule has 3 rings (SSSR count). The Hall–Kier alpha value is -0.900. The zero-order valence-corrected chi connectivity index (χ0v) is 13.1. The van der Waals surface area contributed by atoms with Crippen LogP contribution in [-0.4, -0.2) is 38.3 Å². The molecular weight excluding hydrogens is 260 g/mol. The van der Waals surface area contributed by atoms with Crippen LogP contribution in [0, 0.1) is 5.92 Å². The molecule has 3 nitrogen and oxygen atoms in total. The van der Waals surface area contributed by atoms with Gasteiger partial charge in [0.1, 0.15) is 0 Å². The predicted molar refractivity (Wildman–Crippen MR) is 86.4 cm³/mol. The molecule has 1 atom stereocenters. The van der Waals surface area contributed by atoms with Crippen molar-refractivity contribution in [2.45, 2.75) is 37.6 Å². The molecule has 0 saturated heterocycles. The Morgan fingerprint density at radius 2 is 2.10 bits per heavy atom. The van der Waals surface area contributed by atoms with Crippen molar-refractivity contribution in [3.05, 3.63) is 35.4 Å². The Morgan fingerprint density at radius 1 is 1.29 bits per heavy atom. The van der Waals surface area contributed by atoms with E-state index < -0.39 is 0 Å². The van der Waals surface area contributed by atoms with Crippen molar-refractivity contribution < 1.29 is 4.74 Å². The molecule has 1 aromatic rings. The number of hydrogen-bond acceptors (Lipinski definition) is 3. The van der Waals surface area contributed by atoms with Crippen LogP contribution in [0.5, 0.6) is 0 Å². The van der Waals surface area contributed by atoms with Crippen LogP contribution in [0.1, 0.15) is 48.8 Å². The summed E-state index contributed by atoms with van der Waals surface area (Å²) in [5, 5.41) is 0. The van der Waals surface area contributed by atoms with Crippen molar-refractivity contribution in [3.8, 4) is 0 Å². The molecule has 0 heterocycles. The van der Waals surface area contributed by atoms with Gasteiger partial charge in [0.05, 0.1) is 6.61 Å². The van der Waals surface area contributed by atoms with Gasteiger partial charge in [-0.25, -0.2) is 0 Å². The minimum absolute atomic E-state index is 0.299. The second-order valence-corrected chi connectivity index (χ2v) is 6.69. The average molecular weight is 288 g/mol. The first kappa shape index (κ1) is 15.0. The van der Waals surface area contributed by atoms with E-state index in [1.165, 1.54) is 36.8 Å². The number of ether oxygens (including phenoxy) is 1. The molecule has 2 aliphatic carbocycles. The Kier molecular flexibility index (Phi) is 4.94. The van der Waals surface area contributed by atoms with Crippen molar-refractivity contribution in [1.82, 2.24) is 4.90 Å². The van der Waals surface area contributed by atoms with E-state index in [1.54, 1.807) is 0 Å². The number of hydrogen-bond donors (Lipinski definition) is 1. The lowest BCUT2D eigenvalue weighted by Crippen LogP contribution is -2.33. The maximum absolute atomic E-state index is 6.03. The van der Waals surface area contributed by atoms with Gasteiger partial charge in [-0.1, -0.05) is 24.3 Å². The summed E-state index contributed by atoms with van der Waals surface area (Å²) in [6, 6.07) is 9.31. The largest absolute Gasteiger partial charge is 0.380 e. The molecule has 21 heavy (non-hydrogen) atoms. The molecule has 0 aromatic heterocycles. The number of likely N-dealkylation sites (N-methyl/N-ethyl adjacent to an activating group) is 1. The Labute approximate surface area is 128 Å². The molecule has 2 saturated carbocycles. The molecule has 2 aliphatic rings. The van der Waals surface area contributed by atoms with Gasteiger partial charge >= 0.3 is 0 Å². The monoisotopic (exact) mass is 288 g/mol. The SMILES string of the molecule is CN(CCOCC1CC1)C(CN)c1cccc(C2CC2)c1. The molecular formula is C18H28N2O. The average Bonchev–Trinajstić information content (AvgIpc) is 3.39. The molecule has 2 N–H and O–H groups in total. The van der Waals surface area contributed by atoms with Crippen molar-refractivity contribution >= 4 is 0 Å². The van der Waals surface area contributed by atoms with E-state index >= 15 is 0 Å². The van der Waals surface area contributed by atoms with Crippen LogP contribution in [0.15, 0.2) is 24.3 Å². The van der Waals surface area contributed by atoms with E-state index in [1.807, 2.05) is 0 Å². The van der Waals surface area contributed by atoms with Gasteiger partial charge in [0.15, 0.2) is 0 Å². The third-order valence-corrected chi connectivity index (χ3v) is 4.74. The lowest BCUT2D eigenvalue weighted by molar-refractivity contribution is 0.0922. The fraction of sp³-hybridized carbons (Fsp3) is 0.667. The third kappa shape index (κ3) is 4.29. The zero-order chi connectivity index (χ0) is 14.7. The lowest BCUT2D eigenvalue weighted by atomic mass is 10.0. The second-order valence-electron chi connectivity index (χ2n) is 6.69. The van der Waals surface area contributed by atoms with E-state index in [0.29, 0.717) is 12.6 Å². The molecule has 1 unspecified atom stereocenters. The highest BCUT2D eigenvalue weighted by Gasteiger charge is 2.25. The van der Waals surface area contributed by atoms with Crippen molar-refractivity contribution in [1.29, 1.82) is 0 Å². The van der Waals surface area contributed by atoms with Crippen molar-refractivity contribution in [2.75, 3.05) is 33.4 Å². The van der Waals surface area contributed by atoms with Crippen LogP contribution in [0.2, 0.25) is 0 Å². The Balaban J connectivity index is 1.53. The molecule has 0 aliphatic heterocycles. The number of nitrogens with two attached hydrogens (primary N) is 1. The van der Waals surface area contributed by atoms with E-state index in [-0.39, 0.29) is 0 Å². The first-order valence-electron chi connectivity index (χ1n) is 8.36. The number of benzene rings is 1. The molecule has 116 valence electrons. The highest BCUT2D eigenvalue weighted by atomic mass is 16.5. The topological polar surface area (TPSA) is 38.5 Å². The van der Waals surface area contributed by atoms with Crippen LogP contribution in [0.25, 0.3) is 0 Å². The maximum atomic E-state index is 6.03. The predicted octanol–water partition coefficient (Wildman–Crippen LogP) is 2.92. The summed E-state index contributed by atoms with van der Waals surface area (Å²) in [6.45, 7) is 3.36. The van der Waals surface area contributed by atoms with Gasteiger partial charge in [-0.2, -0.15) is 0 Å². The Bertz CT molecular complexity index is 454. The molecule has 1 aromatic carbocycles. The minimum atomic E-state index is 0.299. The van der Waals surface area contributed by atoms with Crippen LogP contribution < -0.4 is 5.73 Å². The third-order valence-electron chi connectivity index (χ3n) is 4.74. The molecule has 0 bridgehead atoms. The van der Waals surface area contributed by atoms with Gasteiger partial charge in [-0.3, -0.25) is 4.90 Å². The van der Waals surface area contributed by atoms with E-state index in [2.05, 4.69) is 36.2 Å². The number of rotatable bonds is 9. The lowest BCUT2D eigenvalue weighted by Gasteiger charge is -2.27. The van der Waals surface area contributed by atoms with Crippen LogP contribution >= 0.6 is 0 Å². The fourth-order valence-electron chi connectivity index (χ4n) is 2.91. The Morgan fingerprint density at radius 3 is 2.76 bits per heavy atom. The quantitative estimate of drug-likeness (QED) is 0.710. The first-order valence-corrected chi connectivity index (χ1v) is 8.36. The smallest absolute Gasteiger partial charge is 0.0593 e. The molecule has 0 amide bonds. The van der Waals surface area contributed by atoms with Crippen LogP contribution in [0.3, 0.4) is 0 Å². The van der Waals surface area contributed by atoms with E-state index in [4.69, 9.17) is 10.5 Å². The summed E-state index contributed by atoms with van der Waals surface area (Å²) in [6.07, 6.45) is 5.41. The molecule has 3 heteroatoms. The van der Waals surface area contributed by atoms with Crippen LogP contribution in [0.4, 0.5) is 0 Å². The molecule has 2 fully saturated rings. The fourth-order valence-corrected chi connectivity index (χ4v) is 2.91. The maximum Gasteiger partial charge on any atom is 0.0593 e. The van der Waals surface area contributed by atoms with Gasteiger partial charge in [0.2, 0.25) is 0 Å². The normalized spacial score (nSPS) is 20.0. The zero-order valence-electron chi connectivity index (χ0n) is 13.1. The summed E-state index contributed by atoms with van der Waals surface area (Å²) in [4.78, 5) is 2.33. The molecule has 0 spiro atoms. The van der Waals surface area contributed by atoms with Crippen molar-refractivity contribution in [3.63, 3.8) is 0 Å². The highest BCUT2D eigenvalue weighted by Crippen LogP contribution is 2.40. The summed E-state index contributed by atoms with van der Waals surface area (Å²) in [5.74, 6) is 1.64. The summed E-state index contributed by atoms with van der Waals surface area (Å²) < 4.78 is 5.75. The minimum Gasteiger partial charge on any atom is -0.380 e. The first-order chi connectivity index (χ1) is 10.3. The standard InChI is InChI=1S/C18H28N2O/c1-20(9-10-21-13-14-5-6-14)18(12-19)17-4-2-3-16(11-17)15-7-8-15/h2-4,11,14-15,18H,5-10,12-13,19H2,1H3. The summed E-state index contributed by atoms with van der Waals surface area (Å²) in [7, 11) is 2.15. The van der Waals surface area contributed by atoms with Gasteiger partial charge in [0.25, 0.3) is 0 Å². The van der Waals surface area contributed by atoms with E-state index in [0.717, 1.165) is 31.6 Å². The van der Waals surface area contributed by atoms with Gasteiger partial charge in [-0.15, -0.1) is 0 Å². The van der Waals surface area contributed by atoms with Crippen LogP contribution in [-0.2, 0) is 4.74 Å². The van der Waals surface area contributed by atoms with E-state index in [9.17, 15) is 0 Å². The number of nitrogens with zero attached hydrogens (tertiary/aromatic N) is 1. The summed E-state index contributed by atoms with van der Waals surface area (Å²) >= 11 is 0. The van der Waals surface area contributed by atoms with Gasteiger partial charge in [-0.05, 0) is 55.7 Å². The van der Waals surface area contributed by atoms with Crippen molar-refractivity contribution in [2.24, 2.45) is 11.7 Å².